The summed E-state index contributed by atoms with van der Waals surface area (Å²) < 4.78 is 72.3. The van der Waals surface area contributed by atoms with E-state index in [4.69, 9.17) is 4.74 Å². The molecule has 3 aromatic rings. The summed E-state index contributed by atoms with van der Waals surface area (Å²) in [6.45, 7) is 5.61. The molecule has 1 atom stereocenters. The van der Waals surface area contributed by atoms with Crippen molar-refractivity contribution in [1.29, 1.82) is 0 Å². The van der Waals surface area contributed by atoms with E-state index in [1.165, 1.54) is 13.3 Å². The minimum absolute atomic E-state index is 0.0807. The molecule has 1 aliphatic heterocycles. The Balaban J connectivity index is 1.62. The molecular formula is C29H32F3N5O5S. The van der Waals surface area contributed by atoms with Crippen LogP contribution in [0.25, 0.3) is 0 Å². The molecule has 1 fully saturated rings. The lowest BCUT2D eigenvalue weighted by Gasteiger charge is -2.39. The monoisotopic (exact) mass is 619 g/mol. The van der Waals surface area contributed by atoms with Crippen molar-refractivity contribution in [2.45, 2.75) is 50.3 Å². The number of aryl methyl sites for hydroxylation is 1. The standard InChI is InChI=1S/C29H32F3N5O5S/c1-18(2)21-7-5-20(6-8-21)15-33-26(38)25-17-36(28-34-16-24(19(3)35-28)27(39)42-4)13-14-37(25)43(40,41)23-11-9-22(10-12-23)29(30,31)32/h5-12,16,18,25H,13-15,17H2,1-4H3,(H,33,38). The first-order valence-electron chi connectivity index (χ1n) is 13.4. The Morgan fingerprint density at radius 3 is 2.28 bits per heavy atom. The first-order valence-corrected chi connectivity index (χ1v) is 14.9. The van der Waals surface area contributed by atoms with E-state index in [9.17, 15) is 31.2 Å². The van der Waals surface area contributed by atoms with Gasteiger partial charge in [0.1, 0.15) is 6.04 Å². The number of nitrogens with zero attached hydrogens (tertiary/aromatic N) is 4. The van der Waals surface area contributed by atoms with E-state index < -0.39 is 39.7 Å². The minimum Gasteiger partial charge on any atom is -0.465 e. The van der Waals surface area contributed by atoms with Crippen LogP contribution >= 0.6 is 0 Å². The van der Waals surface area contributed by atoms with E-state index in [1.807, 2.05) is 24.3 Å². The number of halogens is 3. The second kappa shape index (κ2) is 12.7. The summed E-state index contributed by atoms with van der Waals surface area (Å²) in [5, 5.41) is 2.79. The van der Waals surface area contributed by atoms with Gasteiger partial charge in [-0.15, -0.1) is 0 Å². The SMILES string of the molecule is COC(=O)c1cnc(N2CCN(S(=O)(=O)c3ccc(C(F)(F)F)cc3)C(C(=O)NCc3ccc(C(C)C)cc3)C2)nc1C. The van der Waals surface area contributed by atoms with Crippen molar-refractivity contribution in [1.82, 2.24) is 19.6 Å². The highest BCUT2D eigenvalue weighted by atomic mass is 32.2. The molecule has 1 amide bonds. The van der Waals surface area contributed by atoms with Crippen LogP contribution in [0.5, 0.6) is 0 Å². The fourth-order valence-corrected chi connectivity index (χ4v) is 6.22. The number of hydrogen-bond donors (Lipinski definition) is 1. The molecular weight excluding hydrogens is 587 g/mol. The van der Waals surface area contributed by atoms with Gasteiger partial charge in [0.15, 0.2) is 0 Å². The van der Waals surface area contributed by atoms with E-state index in [0.29, 0.717) is 23.7 Å². The Bertz CT molecular complexity index is 1580. The number of aromatic nitrogens is 2. The number of nitrogens with one attached hydrogen (secondary N) is 1. The first-order chi connectivity index (χ1) is 20.2. The Labute approximate surface area is 247 Å². The van der Waals surface area contributed by atoms with Crippen molar-refractivity contribution < 1.29 is 35.9 Å². The Morgan fingerprint density at radius 2 is 1.72 bits per heavy atom. The number of carbonyl (C=O) groups is 2. The normalized spacial score (nSPS) is 16.3. The smallest absolute Gasteiger partial charge is 0.416 e. The van der Waals surface area contributed by atoms with Gasteiger partial charge in [-0.25, -0.2) is 23.2 Å². The lowest BCUT2D eigenvalue weighted by Crippen LogP contribution is -2.60. The predicted octanol–water partition coefficient (Wildman–Crippen LogP) is 3.91. The van der Waals surface area contributed by atoms with Crippen LogP contribution in [-0.2, 0) is 32.3 Å². The van der Waals surface area contributed by atoms with Gasteiger partial charge < -0.3 is 15.0 Å². The third-order valence-corrected chi connectivity index (χ3v) is 9.11. The maximum absolute atomic E-state index is 13.7. The molecule has 2 aromatic carbocycles. The third kappa shape index (κ3) is 7.13. The van der Waals surface area contributed by atoms with Gasteiger partial charge in [0.2, 0.25) is 21.9 Å². The molecule has 4 rings (SSSR count). The second-order valence-electron chi connectivity index (χ2n) is 10.4. The van der Waals surface area contributed by atoms with Crippen LogP contribution in [0.4, 0.5) is 19.1 Å². The van der Waals surface area contributed by atoms with Crippen LogP contribution in [0.2, 0.25) is 0 Å². The predicted molar refractivity (Wildman–Crippen MR) is 152 cm³/mol. The van der Waals surface area contributed by atoms with Crippen LogP contribution in [0, 0.1) is 6.92 Å². The number of carbonyl (C=O) groups excluding carboxylic acids is 2. The zero-order valence-corrected chi connectivity index (χ0v) is 24.9. The van der Waals surface area contributed by atoms with E-state index in [2.05, 4.69) is 29.1 Å². The molecule has 2 heterocycles. The fraction of sp³-hybridized carbons (Fsp3) is 0.379. The first kappa shape index (κ1) is 31.9. The number of amides is 1. The molecule has 0 bridgehead atoms. The van der Waals surface area contributed by atoms with Crippen molar-refractivity contribution in [3.8, 4) is 0 Å². The van der Waals surface area contributed by atoms with Gasteiger partial charge in [-0.1, -0.05) is 38.1 Å². The van der Waals surface area contributed by atoms with Crippen molar-refractivity contribution in [2.75, 3.05) is 31.6 Å². The van der Waals surface area contributed by atoms with Crippen molar-refractivity contribution in [3.05, 3.63) is 82.7 Å². The van der Waals surface area contributed by atoms with Crippen LogP contribution in [0.15, 0.2) is 59.6 Å². The molecule has 1 aromatic heterocycles. The van der Waals surface area contributed by atoms with Crippen molar-refractivity contribution in [3.63, 3.8) is 0 Å². The number of ether oxygens (including phenoxy) is 1. The zero-order chi connectivity index (χ0) is 31.5. The van der Waals surface area contributed by atoms with E-state index in [0.717, 1.165) is 27.6 Å². The Hall–Kier alpha value is -4.04. The lowest BCUT2D eigenvalue weighted by atomic mass is 10.0. The molecule has 43 heavy (non-hydrogen) atoms. The van der Waals surface area contributed by atoms with Crippen LogP contribution in [0.3, 0.4) is 0 Å². The summed E-state index contributed by atoms with van der Waals surface area (Å²) in [5.41, 5.74) is 1.44. The van der Waals surface area contributed by atoms with Crippen molar-refractivity contribution >= 4 is 27.8 Å². The summed E-state index contributed by atoms with van der Waals surface area (Å²) >= 11 is 0. The fourth-order valence-electron chi connectivity index (χ4n) is 4.65. The molecule has 14 heteroatoms. The van der Waals surface area contributed by atoms with Crippen LogP contribution < -0.4 is 10.2 Å². The molecule has 0 spiro atoms. The van der Waals surface area contributed by atoms with Gasteiger partial charge in [0, 0.05) is 32.4 Å². The van der Waals surface area contributed by atoms with Gasteiger partial charge >= 0.3 is 12.1 Å². The zero-order valence-electron chi connectivity index (χ0n) is 24.1. The number of esters is 1. The molecule has 1 saturated heterocycles. The molecule has 230 valence electrons. The van der Waals surface area contributed by atoms with E-state index in [1.54, 1.807) is 11.8 Å². The van der Waals surface area contributed by atoms with E-state index >= 15 is 0 Å². The second-order valence-corrected chi connectivity index (χ2v) is 12.3. The number of anilines is 1. The molecule has 1 aliphatic rings. The molecule has 1 N–H and O–H groups in total. The summed E-state index contributed by atoms with van der Waals surface area (Å²) in [5.74, 6) is -0.710. The molecule has 0 radical (unpaired) electrons. The average molecular weight is 620 g/mol. The highest BCUT2D eigenvalue weighted by Gasteiger charge is 2.41. The van der Waals surface area contributed by atoms with Gasteiger partial charge in [-0.05, 0) is 48.2 Å². The Morgan fingerprint density at radius 1 is 1.07 bits per heavy atom. The highest BCUT2D eigenvalue weighted by Crippen LogP contribution is 2.31. The Kier molecular flexibility index (Phi) is 9.40. The van der Waals surface area contributed by atoms with E-state index in [-0.39, 0.29) is 42.6 Å². The maximum Gasteiger partial charge on any atom is 0.416 e. The summed E-state index contributed by atoms with van der Waals surface area (Å²) in [6.07, 6.45) is -3.34. The number of alkyl halides is 3. The molecule has 10 nitrogen and oxygen atoms in total. The molecule has 0 saturated carbocycles. The third-order valence-electron chi connectivity index (χ3n) is 7.19. The van der Waals surface area contributed by atoms with Crippen LogP contribution in [0.1, 0.15) is 52.5 Å². The van der Waals surface area contributed by atoms with Gasteiger partial charge in [0.05, 0.1) is 28.8 Å². The van der Waals surface area contributed by atoms with Gasteiger partial charge in [-0.3, -0.25) is 4.79 Å². The lowest BCUT2D eigenvalue weighted by molar-refractivity contribution is -0.137. The average Bonchev–Trinajstić information content (AvgIpc) is 2.99. The number of piperazine rings is 1. The van der Waals surface area contributed by atoms with Gasteiger partial charge in [0.25, 0.3) is 0 Å². The number of rotatable bonds is 8. The molecule has 0 aliphatic carbocycles. The molecule has 1 unspecified atom stereocenters. The number of hydrogen-bond acceptors (Lipinski definition) is 8. The van der Waals surface area contributed by atoms with Gasteiger partial charge in [-0.2, -0.15) is 17.5 Å². The summed E-state index contributed by atoms with van der Waals surface area (Å²) in [7, 11) is -3.15. The number of sulfonamides is 1. The van der Waals surface area contributed by atoms with Crippen molar-refractivity contribution in [2.24, 2.45) is 0 Å². The van der Waals surface area contributed by atoms with Crippen LogP contribution in [-0.4, -0.2) is 67.4 Å². The highest BCUT2D eigenvalue weighted by molar-refractivity contribution is 7.89. The largest absolute Gasteiger partial charge is 0.465 e. The minimum atomic E-state index is -4.63. The summed E-state index contributed by atoms with van der Waals surface area (Å²) in [4.78, 5) is 35.4. The topological polar surface area (TPSA) is 122 Å². The quantitative estimate of drug-likeness (QED) is 0.377. The number of methoxy groups -OCH3 is 1. The number of benzene rings is 2. The summed E-state index contributed by atoms with van der Waals surface area (Å²) in [6, 6.07) is 9.54. The maximum atomic E-state index is 13.7.